The van der Waals surface area contributed by atoms with Gasteiger partial charge in [0.2, 0.25) is 5.91 Å². The number of fused-ring (bicyclic) bond motifs is 1. The number of amides is 2. The van der Waals surface area contributed by atoms with E-state index in [1.54, 1.807) is 23.0 Å². The maximum atomic E-state index is 12.9. The molecule has 220 valence electrons. The summed E-state index contributed by atoms with van der Waals surface area (Å²) in [6.07, 6.45) is 6.98. The fraction of sp³-hybridized carbons (Fsp3) is 0.643. The summed E-state index contributed by atoms with van der Waals surface area (Å²) in [5.41, 5.74) is 2.60. The first-order valence-electron chi connectivity index (χ1n) is 14.2. The average molecular weight is 557 g/mol. The third kappa shape index (κ3) is 7.63. The van der Waals surface area contributed by atoms with Crippen LogP contribution in [0, 0.1) is 0 Å². The molecule has 0 spiro atoms. The molecule has 0 aliphatic carbocycles. The van der Waals surface area contributed by atoms with Crippen molar-refractivity contribution in [3.8, 4) is 0 Å². The first-order chi connectivity index (χ1) is 19.2. The molecule has 2 aliphatic heterocycles. The van der Waals surface area contributed by atoms with Crippen molar-refractivity contribution in [1.29, 1.82) is 0 Å². The van der Waals surface area contributed by atoms with E-state index >= 15 is 0 Å². The van der Waals surface area contributed by atoms with Gasteiger partial charge in [-0.25, -0.2) is 14.8 Å². The lowest BCUT2D eigenvalue weighted by Crippen LogP contribution is -2.44. The fourth-order valence-corrected chi connectivity index (χ4v) is 5.00. The summed E-state index contributed by atoms with van der Waals surface area (Å²) in [5.74, 6) is 0.737. The lowest BCUT2D eigenvalue weighted by Gasteiger charge is -2.33. The van der Waals surface area contributed by atoms with Gasteiger partial charge in [0.15, 0.2) is 5.65 Å². The molecule has 12 heteroatoms. The van der Waals surface area contributed by atoms with Crippen LogP contribution < -0.4 is 10.6 Å². The number of carbonyl (C=O) groups excluding carboxylic acids is 2. The van der Waals surface area contributed by atoms with E-state index in [0.29, 0.717) is 52.3 Å². The molecular weight excluding hydrogens is 512 g/mol. The van der Waals surface area contributed by atoms with Gasteiger partial charge in [-0.05, 0) is 40.8 Å². The van der Waals surface area contributed by atoms with Crippen molar-refractivity contribution >= 4 is 34.7 Å². The highest BCUT2D eigenvalue weighted by Gasteiger charge is 2.31. The number of hydrogen-bond donors (Lipinski definition) is 2. The van der Waals surface area contributed by atoms with Crippen LogP contribution >= 0.6 is 0 Å². The molecule has 0 saturated carbocycles. The zero-order chi connectivity index (χ0) is 28.6. The second kappa shape index (κ2) is 13.8. The summed E-state index contributed by atoms with van der Waals surface area (Å²) in [4.78, 5) is 40.2. The summed E-state index contributed by atoms with van der Waals surface area (Å²) >= 11 is 0. The Morgan fingerprint density at radius 2 is 1.93 bits per heavy atom. The molecule has 0 bridgehead atoms. The zero-order valence-corrected chi connectivity index (χ0v) is 24.4. The van der Waals surface area contributed by atoms with Crippen molar-refractivity contribution in [1.82, 2.24) is 29.2 Å². The topological polar surface area (TPSA) is 117 Å². The zero-order valence-electron chi connectivity index (χ0n) is 24.4. The quantitative estimate of drug-likeness (QED) is 0.318. The minimum absolute atomic E-state index is 0.0345. The number of hydrogen-bond acceptors (Lipinski definition) is 9. The van der Waals surface area contributed by atoms with E-state index in [9.17, 15) is 9.59 Å². The van der Waals surface area contributed by atoms with E-state index in [4.69, 9.17) is 14.5 Å². The highest BCUT2D eigenvalue weighted by atomic mass is 16.6. The average Bonchev–Trinajstić information content (AvgIpc) is 3.57. The van der Waals surface area contributed by atoms with Gasteiger partial charge in [0.25, 0.3) is 0 Å². The van der Waals surface area contributed by atoms with E-state index in [2.05, 4.69) is 34.0 Å². The lowest BCUT2D eigenvalue weighted by molar-refractivity contribution is -0.125. The molecule has 0 radical (unpaired) electrons. The van der Waals surface area contributed by atoms with E-state index in [1.165, 1.54) is 0 Å². The first-order valence-corrected chi connectivity index (χ1v) is 14.2. The Hall–Kier alpha value is -3.38. The summed E-state index contributed by atoms with van der Waals surface area (Å²) in [7, 11) is 5.59. The Kier molecular flexibility index (Phi) is 10.2. The molecule has 0 aromatic carbocycles. The summed E-state index contributed by atoms with van der Waals surface area (Å²) in [5, 5.41) is 7.00. The molecule has 4 heterocycles. The largest absolute Gasteiger partial charge is 0.444 e. The van der Waals surface area contributed by atoms with Crippen LogP contribution in [0.4, 0.5) is 16.3 Å². The van der Waals surface area contributed by atoms with Gasteiger partial charge < -0.3 is 39.4 Å². The van der Waals surface area contributed by atoms with Crippen LogP contribution in [-0.2, 0) is 14.3 Å². The van der Waals surface area contributed by atoms with Gasteiger partial charge in [-0.15, -0.1) is 0 Å². The number of nitrogens with one attached hydrogen (secondary N) is 2. The molecule has 2 saturated heterocycles. The number of imidazole rings is 1. The smallest absolute Gasteiger partial charge is 0.410 e. The number of methoxy groups -OCH3 is 1. The minimum atomic E-state index is -0.299. The van der Waals surface area contributed by atoms with Crippen molar-refractivity contribution in [2.24, 2.45) is 0 Å². The van der Waals surface area contributed by atoms with E-state index in [-0.39, 0.29) is 30.2 Å². The molecule has 2 N–H and O–H groups in total. The summed E-state index contributed by atoms with van der Waals surface area (Å²) in [6, 6.07) is 2.43. The second-order valence-corrected chi connectivity index (χ2v) is 11.0. The predicted octanol–water partition coefficient (Wildman–Crippen LogP) is 2.80. The maximum absolute atomic E-state index is 12.9. The Labute approximate surface area is 236 Å². The predicted molar refractivity (Wildman–Crippen MR) is 156 cm³/mol. The highest BCUT2D eigenvalue weighted by Crippen LogP contribution is 2.28. The van der Waals surface area contributed by atoms with Crippen molar-refractivity contribution < 1.29 is 19.1 Å². The Morgan fingerprint density at radius 1 is 1.18 bits per heavy atom. The fourth-order valence-electron chi connectivity index (χ4n) is 5.00. The Morgan fingerprint density at radius 3 is 2.62 bits per heavy atom. The number of carbonyl (C=O) groups is 2. The van der Waals surface area contributed by atoms with Crippen molar-refractivity contribution in [3.63, 3.8) is 0 Å². The number of aromatic nitrogens is 3. The summed E-state index contributed by atoms with van der Waals surface area (Å²) < 4.78 is 13.0. The van der Waals surface area contributed by atoms with Crippen LogP contribution in [0.2, 0.25) is 0 Å². The monoisotopic (exact) mass is 556 g/mol. The second-order valence-electron chi connectivity index (χ2n) is 11.0. The van der Waals surface area contributed by atoms with Crippen LogP contribution in [0.25, 0.3) is 11.2 Å². The number of pyridine rings is 1. The van der Waals surface area contributed by atoms with Crippen LogP contribution in [-0.4, -0.2) is 120 Å². The molecular formula is C28H44N8O4. The molecule has 0 unspecified atom stereocenters. The van der Waals surface area contributed by atoms with E-state index in [1.807, 2.05) is 37.5 Å². The molecule has 2 aromatic heterocycles. The van der Waals surface area contributed by atoms with Gasteiger partial charge in [-0.2, -0.15) is 0 Å². The molecule has 2 aliphatic rings. The number of nitrogens with zero attached hydrogens (tertiary/aromatic N) is 6. The van der Waals surface area contributed by atoms with Gasteiger partial charge in [0, 0.05) is 70.5 Å². The number of anilines is 2. The van der Waals surface area contributed by atoms with Crippen molar-refractivity contribution in [2.75, 3.05) is 77.7 Å². The molecule has 12 nitrogen and oxygen atoms in total. The first kappa shape index (κ1) is 29.6. The van der Waals surface area contributed by atoms with E-state index in [0.717, 1.165) is 35.5 Å². The molecule has 40 heavy (non-hydrogen) atoms. The number of likely N-dealkylation sites (N-methyl/N-ethyl adjacent to an activating group) is 1. The maximum Gasteiger partial charge on any atom is 0.410 e. The lowest BCUT2D eigenvalue weighted by atomic mass is 10.0. The Balaban J connectivity index is 1.30. The number of ether oxygens (including phenoxy) is 2. The number of piperidine rings is 1. The van der Waals surface area contributed by atoms with Gasteiger partial charge in [0.1, 0.15) is 17.4 Å². The molecule has 1 atom stereocenters. The van der Waals surface area contributed by atoms with Gasteiger partial charge in [-0.3, -0.25) is 4.79 Å². The minimum Gasteiger partial charge on any atom is -0.444 e. The molecule has 4 rings (SSSR count). The van der Waals surface area contributed by atoms with Crippen LogP contribution in [0.3, 0.4) is 0 Å². The number of rotatable bonds is 11. The normalized spacial score (nSPS) is 18.4. The van der Waals surface area contributed by atoms with Gasteiger partial charge in [-0.1, -0.05) is 6.08 Å². The van der Waals surface area contributed by atoms with Crippen LogP contribution in [0.15, 0.2) is 24.5 Å². The van der Waals surface area contributed by atoms with Crippen molar-refractivity contribution in [3.05, 3.63) is 24.5 Å². The number of likely N-dealkylation sites (tertiary alicyclic amines) is 2. The van der Waals surface area contributed by atoms with Gasteiger partial charge >= 0.3 is 6.09 Å². The third-order valence-corrected chi connectivity index (χ3v) is 7.27. The third-order valence-electron chi connectivity index (χ3n) is 7.27. The molecule has 2 fully saturated rings. The standard InChI is InChI=1S/C28H44N8O4/c1-20(2)36-19-30-26-23(17-24(32-27(26)36)29-11-16-39-5)31-21-8-13-34(14-9-21)28(38)40-22-10-15-35(18-22)25(37)7-6-12-33(3)4/h6-7,17,19-22H,8-16,18H2,1-5H3,(H2,29,31,32)/b7-6+/t22-/m0/s1. The summed E-state index contributed by atoms with van der Waals surface area (Å²) in [6.45, 7) is 8.43. The SMILES string of the molecule is COCCNc1cc(NC2CCN(C(=O)O[C@H]3CCN(C(=O)/C=C/CN(C)C)C3)CC2)c2ncn(C(C)C)c2n1. The van der Waals surface area contributed by atoms with Crippen LogP contribution in [0.1, 0.15) is 39.2 Å². The van der Waals surface area contributed by atoms with Gasteiger partial charge in [0.05, 0.1) is 25.2 Å². The molecule has 2 amide bonds. The van der Waals surface area contributed by atoms with Crippen LogP contribution in [0.5, 0.6) is 0 Å². The highest BCUT2D eigenvalue weighted by molar-refractivity contribution is 5.88. The van der Waals surface area contributed by atoms with Crippen molar-refractivity contribution in [2.45, 2.75) is 51.3 Å². The molecule has 2 aromatic rings. The Bertz CT molecular complexity index is 1170. The van der Waals surface area contributed by atoms with E-state index < -0.39 is 0 Å².